The van der Waals surface area contributed by atoms with Crippen LogP contribution in [-0.4, -0.2) is 30.5 Å². The van der Waals surface area contributed by atoms with E-state index in [-0.39, 0.29) is 24.8 Å². The first-order valence-electron chi connectivity index (χ1n) is 11.3. The molecule has 2 aliphatic rings. The molecule has 1 atom stereocenters. The molecule has 37 heavy (non-hydrogen) atoms. The van der Waals surface area contributed by atoms with Gasteiger partial charge in [-0.25, -0.2) is 0 Å². The van der Waals surface area contributed by atoms with Gasteiger partial charge in [-0.3, -0.25) is 0 Å². The largest absolute Gasteiger partial charge is 0.573 e. The summed E-state index contributed by atoms with van der Waals surface area (Å²) < 4.78 is 103. The van der Waals surface area contributed by atoms with E-state index in [0.29, 0.717) is 40.2 Å². The van der Waals surface area contributed by atoms with Crippen LogP contribution < -0.4 is 18.9 Å². The van der Waals surface area contributed by atoms with E-state index in [1.807, 2.05) is 13.8 Å². The highest BCUT2D eigenvalue weighted by atomic mass is 35.5. The van der Waals surface area contributed by atoms with Crippen molar-refractivity contribution < 1.29 is 50.0 Å². The fourth-order valence-corrected chi connectivity index (χ4v) is 4.90. The van der Waals surface area contributed by atoms with Gasteiger partial charge in [0.1, 0.15) is 34.2 Å². The zero-order valence-corrected chi connectivity index (χ0v) is 21.2. The first-order chi connectivity index (χ1) is 17.0. The summed E-state index contributed by atoms with van der Waals surface area (Å²) in [6.07, 6.45) is -9.38. The normalized spacial score (nSPS) is 19.6. The van der Waals surface area contributed by atoms with Gasteiger partial charge in [-0.1, -0.05) is 0 Å². The molecule has 4 rings (SSSR count). The summed E-state index contributed by atoms with van der Waals surface area (Å²) in [6, 6.07) is 4.91. The number of benzene rings is 2. The second-order valence-electron chi connectivity index (χ2n) is 10.1. The molecular weight excluding hydrogens is 530 g/mol. The van der Waals surface area contributed by atoms with Gasteiger partial charge >= 0.3 is 12.7 Å². The van der Waals surface area contributed by atoms with Crippen molar-refractivity contribution in [1.82, 2.24) is 0 Å². The minimum Gasteiger partial charge on any atom is -0.487 e. The molecule has 0 radical (unpaired) electrons. The smallest absolute Gasteiger partial charge is 0.487 e. The summed E-state index contributed by atoms with van der Waals surface area (Å²) in [5.41, 5.74) is 0.178. The highest BCUT2D eigenvalue weighted by Crippen LogP contribution is 2.49. The Kier molecular flexibility index (Phi) is 6.94. The number of halogens is 7. The molecule has 2 aliphatic heterocycles. The van der Waals surface area contributed by atoms with Gasteiger partial charge in [0.25, 0.3) is 0 Å². The van der Waals surface area contributed by atoms with Gasteiger partial charge in [0.05, 0.1) is 25.0 Å². The van der Waals surface area contributed by atoms with Crippen LogP contribution in [0.5, 0.6) is 23.0 Å². The Balaban J connectivity index is 1.59. The van der Waals surface area contributed by atoms with Crippen LogP contribution in [0.4, 0.5) is 26.3 Å². The Morgan fingerprint density at radius 2 is 1.46 bits per heavy atom. The maximum absolute atomic E-state index is 12.9. The third kappa shape index (κ3) is 6.31. The van der Waals surface area contributed by atoms with Crippen molar-refractivity contribution in [1.29, 1.82) is 0 Å². The maximum atomic E-state index is 12.9. The molecule has 0 bridgehead atoms. The van der Waals surface area contributed by atoms with E-state index in [0.717, 1.165) is 0 Å². The lowest BCUT2D eigenvalue weighted by molar-refractivity contribution is -0.275. The van der Waals surface area contributed by atoms with Gasteiger partial charge in [-0.15, -0.1) is 37.9 Å². The van der Waals surface area contributed by atoms with Gasteiger partial charge < -0.3 is 23.7 Å². The Morgan fingerprint density at radius 1 is 0.865 bits per heavy atom. The average molecular weight is 555 g/mol. The summed E-state index contributed by atoms with van der Waals surface area (Å²) in [5.74, 6) is -0.671. The number of hydrogen-bond acceptors (Lipinski definition) is 5. The molecule has 0 saturated heterocycles. The first-order valence-corrected chi connectivity index (χ1v) is 11.9. The highest BCUT2D eigenvalue weighted by Gasteiger charge is 2.44. The molecular formula is C25H25ClF6O5. The Morgan fingerprint density at radius 3 is 2.05 bits per heavy atom. The summed E-state index contributed by atoms with van der Waals surface area (Å²) in [5, 5.41) is 0. The molecule has 0 aliphatic carbocycles. The molecule has 0 amide bonds. The van der Waals surface area contributed by atoms with Gasteiger partial charge in [0.15, 0.2) is 0 Å². The lowest BCUT2D eigenvalue weighted by Crippen LogP contribution is -2.33. The van der Waals surface area contributed by atoms with Crippen molar-refractivity contribution in [2.45, 2.75) is 76.4 Å². The first kappa shape index (κ1) is 27.5. The second kappa shape index (κ2) is 9.34. The van der Waals surface area contributed by atoms with E-state index in [9.17, 15) is 26.3 Å². The number of rotatable bonds is 7. The Labute approximate surface area is 214 Å². The third-order valence-corrected chi connectivity index (χ3v) is 6.40. The molecule has 0 aromatic heterocycles. The summed E-state index contributed by atoms with van der Waals surface area (Å²) >= 11 is 5.96. The van der Waals surface area contributed by atoms with Crippen molar-refractivity contribution in [3.8, 4) is 23.0 Å². The van der Waals surface area contributed by atoms with E-state index in [1.54, 1.807) is 13.8 Å². The predicted molar refractivity (Wildman–Crippen MR) is 121 cm³/mol. The zero-order chi connectivity index (χ0) is 27.4. The third-order valence-electron chi connectivity index (χ3n) is 6.11. The second-order valence-corrected chi connectivity index (χ2v) is 10.4. The van der Waals surface area contributed by atoms with Crippen molar-refractivity contribution in [3.63, 3.8) is 0 Å². The summed E-state index contributed by atoms with van der Waals surface area (Å²) in [6.45, 7) is 6.99. The highest BCUT2D eigenvalue weighted by molar-refractivity contribution is 6.17. The van der Waals surface area contributed by atoms with E-state index in [1.165, 1.54) is 24.3 Å². The van der Waals surface area contributed by atoms with Crippen molar-refractivity contribution in [2.75, 3.05) is 6.61 Å². The van der Waals surface area contributed by atoms with E-state index < -0.39 is 35.6 Å². The van der Waals surface area contributed by atoms with Crippen molar-refractivity contribution in [3.05, 3.63) is 46.5 Å². The van der Waals surface area contributed by atoms with Crippen molar-refractivity contribution in [2.24, 2.45) is 0 Å². The fourth-order valence-electron chi connectivity index (χ4n) is 4.70. The number of hydrogen-bond donors (Lipinski definition) is 0. The van der Waals surface area contributed by atoms with Crippen LogP contribution in [-0.2, 0) is 23.6 Å². The molecule has 12 heteroatoms. The molecule has 0 spiro atoms. The van der Waals surface area contributed by atoms with Gasteiger partial charge in [0, 0.05) is 28.7 Å². The standard InChI is InChI=1S/C25H25ClF6O5/c1-22(2)9-13-5-16(34-24(27,28)29)7-15(20(13)36-22)11-33-12-19-18-8-17(35-25(30,31)32)6-14(10-26)21(18)37-23(19,3)4/h5-8,19H,9-12H2,1-4H3. The lowest BCUT2D eigenvalue weighted by atomic mass is 9.87. The molecule has 204 valence electrons. The quantitative estimate of drug-likeness (QED) is 0.263. The topological polar surface area (TPSA) is 46.2 Å². The molecule has 1 unspecified atom stereocenters. The number of fused-ring (bicyclic) bond motifs is 2. The summed E-state index contributed by atoms with van der Waals surface area (Å²) in [4.78, 5) is 0. The SMILES string of the molecule is CC1(C)Cc2cc(OC(F)(F)F)cc(COCC3c4cc(OC(F)(F)F)cc(CCl)c4OC3(C)C)c2O1. The zero-order valence-electron chi connectivity index (χ0n) is 20.4. The molecule has 2 heterocycles. The fraction of sp³-hybridized carbons (Fsp3) is 0.520. The van der Waals surface area contributed by atoms with Crippen molar-refractivity contribution >= 4 is 11.6 Å². The van der Waals surface area contributed by atoms with Crippen LogP contribution in [0.2, 0.25) is 0 Å². The van der Waals surface area contributed by atoms with E-state index in [2.05, 4.69) is 9.47 Å². The van der Waals surface area contributed by atoms with Gasteiger partial charge in [-0.2, -0.15) is 0 Å². The van der Waals surface area contributed by atoms with Crippen LogP contribution in [0.3, 0.4) is 0 Å². The molecule has 0 fully saturated rings. The van der Waals surface area contributed by atoms with Gasteiger partial charge in [0.2, 0.25) is 0 Å². The summed E-state index contributed by atoms with van der Waals surface area (Å²) in [7, 11) is 0. The predicted octanol–water partition coefficient (Wildman–Crippen LogP) is 7.41. The molecule has 5 nitrogen and oxygen atoms in total. The van der Waals surface area contributed by atoms with Crippen LogP contribution in [0.1, 0.15) is 55.9 Å². The Bertz CT molecular complexity index is 1180. The average Bonchev–Trinajstić information content (AvgIpc) is 3.16. The number of ether oxygens (including phenoxy) is 5. The monoisotopic (exact) mass is 554 g/mol. The van der Waals surface area contributed by atoms with Gasteiger partial charge in [-0.05, 0) is 52.0 Å². The van der Waals surface area contributed by atoms with E-state index >= 15 is 0 Å². The molecule has 0 saturated carbocycles. The maximum Gasteiger partial charge on any atom is 0.573 e. The number of alkyl halides is 7. The molecule has 0 N–H and O–H groups in total. The minimum absolute atomic E-state index is 0.0142. The van der Waals surface area contributed by atoms with E-state index in [4.69, 9.17) is 25.8 Å². The Hall–Kier alpha value is -2.53. The van der Waals surface area contributed by atoms with Crippen LogP contribution in [0.25, 0.3) is 0 Å². The van der Waals surface area contributed by atoms with Crippen LogP contribution >= 0.6 is 11.6 Å². The minimum atomic E-state index is -4.89. The van der Waals surface area contributed by atoms with Crippen LogP contribution in [0, 0.1) is 0 Å². The van der Waals surface area contributed by atoms with Crippen LogP contribution in [0.15, 0.2) is 24.3 Å². The molecule has 2 aromatic rings. The molecule has 2 aromatic carbocycles. The lowest BCUT2D eigenvalue weighted by Gasteiger charge is -2.26.